The first-order chi connectivity index (χ1) is 9.71. The van der Waals surface area contributed by atoms with E-state index in [1.165, 1.54) is 18.7 Å². The maximum Gasteiger partial charge on any atom is 0.329 e. The van der Waals surface area contributed by atoms with E-state index < -0.39 is 11.5 Å². The molecule has 1 rings (SSSR count). The molecule has 0 radical (unpaired) electrons. The Morgan fingerprint density at radius 2 is 2.05 bits per heavy atom. The molecule has 118 valence electrons. The Morgan fingerprint density at radius 3 is 2.48 bits per heavy atom. The summed E-state index contributed by atoms with van der Waals surface area (Å²) in [6, 6.07) is 0. The van der Waals surface area contributed by atoms with Crippen molar-refractivity contribution in [1.29, 1.82) is 0 Å². The van der Waals surface area contributed by atoms with E-state index in [1.54, 1.807) is 16.9 Å². The monoisotopic (exact) mass is 314 g/mol. The van der Waals surface area contributed by atoms with Gasteiger partial charge in [-0.25, -0.2) is 4.79 Å². The van der Waals surface area contributed by atoms with E-state index >= 15 is 0 Å². The lowest BCUT2D eigenvalue weighted by atomic mass is 10.0. The highest BCUT2D eigenvalue weighted by Gasteiger charge is 2.36. The minimum Gasteiger partial charge on any atom is -0.480 e. The number of rotatable bonds is 7. The largest absolute Gasteiger partial charge is 0.480 e. The number of nitrogens with zero attached hydrogens (tertiary/aromatic N) is 2. The van der Waals surface area contributed by atoms with Crippen molar-refractivity contribution >= 4 is 23.2 Å². The number of likely N-dealkylation sites (N-methyl/N-ethyl adjacent to an activating group) is 1. The Labute approximate surface area is 128 Å². The van der Waals surface area contributed by atoms with Gasteiger partial charge in [-0.1, -0.05) is 11.3 Å². The third kappa shape index (κ3) is 3.93. The predicted molar refractivity (Wildman–Crippen MR) is 81.7 cm³/mol. The molecule has 0 aliphatic heterocycles. The normalized spacial score (nSPS) is 11.4. The summed E-state index contributed by atoms with van der Waals surface area (Å²) in [5.41, 5.74) is -0.336. The molecule has 1 aromatic rings. The van der Waals surface area contributed by atoms with Gasteiger partial charge in [-0.2, -0.15) is 0 Å². The Kier molecular flexibility index (Phi) is 5.71. The lowest BCUT2D eigenvalue weighted by Crippen LogP contribution is -2.52. The molecule has 6 nitrogen and oxygen atoms in total. The summed E-state index contributed by atoms with van der Waals surface area (Å²) in [5, 5.41) is 11.0. The van der Waals surface area contributed by atoms with Crippen molar-refractivity contribution in [1.82, 2.24) is 9.47 Å². The number of thiazole rings is 1. The summed E-state index contributed by atoms with van der Waals surface area (Å²) in [4.78, 5) is 36.3. The maximum atomic E-state index is 12.2. The number of carbonyl (C=O) groups is 2. The molecule has 0 bridgehead atoms. The highest BCUT2D eigenvalue weighted by atomic mass is 32.1. The molecule has 0 aromatic carbocycles. The average Bonchev–Trinajstić information content (AvgIpc) is 2.70. The summed E-state index contributed by atoms with van der Waals surface area (Å²) < 4.78 is 1.64. The summed E-state index contributed by atoms with van der Waals surface area (Å²) in [5.74, 6) is -1.23. The van der Waals surface area contributed by atoms with E-state index in [0.717, 1.165) is 17.0 Å². The minimum atomic E-state index is -1.22. The number of hydrogen-bond donors (Lipinski definition) is 1. The van der Waals surface area contributed by atoms with Crippen LogP contribution < -0.4 is 4.87 Å². The van der Waals surface area contributed by atoms with Gasteiger partial charge in [0, 0.05) is 30.6 Å². The average molecular weight is 314 g/mol. The van der Waals surface area contributed by atoms with E-state index in [0.29, 0.717) is 19.5 Å². The zero-order valence-electron chi connectivity index (χ0n) is 12.9. The highest BCUT2D eigenvalue weighted by molar-refractivity contribution is 7.07. The van der Waals surface area contributed by atoms with E-state index in [2.05, 4.69) is 0 Å². The SMILES string of the molecule is CCN(C(=O)CCCn1c(C)csc1=O)C(C)(C)C(=O)O. The van der Waals surface area contributed by atoms with Crippen molar-refractivity contribution in [3.63, 3.8) is 0 Å². The summed E-state index contributed by atoms with van der Waals surface area (Å²) in [6.45, 7) is 7.47. The summed E-state index contributed by atoms with van der Waals surface area (Å²) >= 11 is 1.14. The van der Waals surface area contributed by atoms with Gasteiger partial charge in [-0.05, 0) is 34.1 Å². The second kappa shape index (κ2) is 6.89. The first-order valence-corrected chi connectivity index (χ1v) is 7.78. The van der Waals surface area contributed by atoms with Gasteiger partial charge in [0.2, 0.25) is 5.91 Å². The number of carboxylic acids is 1. The molecule has 1 amide bonds. The number of aryl methyl sites for hydroxylation is 1. The van der Waals surface area contributed by atoms with Crippen LogP contribution in [0.2, 0.25) is 0 Å². The Morgan fingerprint density at radius 1 is 1.43 bits per heavy atom. The molecule has 0 spiro atoms. The fraction of sp³-hybridized carbons (Fsp3) is 0.643. The first kappa shape index (κ1) is 17.4. The molecule has 1 heterocycles. The number of aliphatic carboxylic acids is 1. The zero-order valence-corrected chi connectivity index (χ0v) is 13.7. The fourth-order valence-corrected chi connectivity index (χ4v) is 2.96. The Hall–Kier alpha value is -1.63. The predicted octanol–water partition coefficient (Wildman–Crippen LogP) is 1.71. The van der Waals surface area contributed by atoms with Gasteiger partial charge in [-0.15, -0.1) is 0 Å². The second-order valence-corrected chi connectivity index (χ2v) is 6.22. The van der Waals surface area contributed by atoms with Crippen molar-refractivity contribution in [3.8, 4) is 0 Å². The van der Waals surface area contributed by atoms with Crippen LogP contribution in [0.5, 0.6) is 0 Å². The van der Waals surface area contributed by atoms with Gasteiger partial charge in [0.25, 0.3) is 0 Å². The minimum absolute atomic E-state index is 0.0295. The Bertz CT molecular complexity index is 574. The van der Waals surface area contributed by atoms with Crippen LogP contribution in [0.4, 0.5) is 0 Å². The van der Waals surface area contributed by atoms with Crippen molar-refractivity contribution in [3.05, 3.63) is 20.7 Å². The van der Waals surface area contributed by atoms with Crippen LogP contribution >= 0.6 is 11.3 Å². The third-order valence-electron chi connectivity index (χ3n) is 3.56. The van der Waals surface area contributed by atoms with E-state index in [9.17, 15) is 19.5 Å². The van der Waals surface area contributed by atoms with Gasteiger partial charge in [0.1, 0.15) is 5.54 Å². The molecular formula is C14H22N2O4S. The van der Waals surface area contributed by atoms with Gasteiger partial charge in [0.15, 0.2) is 0 Å². The summed E-state index contributed by atoms with van der Waals surface area (Å²) in [6.07, 6.45) is 0.745. The lowest BCUT2D eigenvalue weighted by molar-refractivity contribution is -0.156. The number of carbonyl (C=O) groups excluding carboxylic acids is 1. The number of hydrogen-bond acceptors (Lipinski definition) is 4. The smallest absolute Gasteiger partial charge is 0.329 e. The molecule has 1 aromatic heterocycles. The van der Waals surface area contributed by atoms with Crippen LogP contribution in [0.15, 0.2) is 10.2 Å². The first-order valence-electron chi connectivity index (χ1n) is 6.90. The molecule has 0 aliphatic rings. The molecule has 0 fully saturated rings. The topological polar surface area (TPSA) is 79.6 Å². The number of carboxylic acid groups (broad SMARTS) is 1. The van der Waals surface area contributed by atoms with Gasteiger partial charge in [-0.3, -0.25) is 9.59 Å². The third-order valence-corrected chi connectivity index (χ3v) is 4.45. The van der Waals surface area contributed by atoms with E-state index in [-0.39, 0.29) is 17.2 Å². The molecule has 0 unspecified atom stereocenters. The van der Waals surface area contributed by atoms with Gasteiger partial charge in [0.05, 0.1) is 0 Å². The summed E-state index contributed by atoms with van der Waals surface area (Å²) in [7, 11) is 0. The molecular weight excluding hydrogens is 292 g/mol. The Balaban J connectivity index is 2.64. The van der Waals surface area contributed by atoms with Crippen LogP contribution in [0.3, 0.4) is 0 Å². The van der Waals surface area contributed by atoms with Crippen molar-refractivity contribution in [2.75, 3.05) is 6.54 Å². The maximum absolute atomic E-state index is 12.2. The fourth-order valence-electron chi connectivity index (χ4n) is 2.20. The van der Waals surface area contributed by atoms with Crippen LogP contribution in [0.25, 0.3) is 0 Å². The molecule has 1 N–H and O–H groups in total. The van der Waals surface area contributed by atoms with Crippen molar-refractivity contribution in [2.45, 2.75) is 52.6 Å². The van der Waals surface area contributed by atoms with Gasteiger partial charge < -0.3 is 14.6 Å². The molecule has 0 saturated carbocycles. The molecule has 0 aliphatic carbocycles. The molecule has 0 atom stereocenters. The van der Waals surface area contributed by atoms with Crippen LogP contribution in [-0.2, 0) is 16.1 Å². The lowest BCUT2D eigenvalue weighted by Gasteiger charge is -2.34. The van der Waals surface area contributed by atoms with Crippen molar-refractivity contribution in [2.24, 2.45) is 0 Å². The van der Waals surface area contributed by atoms with Crippen LogP contribution in [0, 0.1) is 6.92 Å². The standard InChI is InChI=1S/C14H22N2O4S/c1-5-16(14(3,4)12(18)19)11(17)7-6-8-15-10(2)9-21-13(15)20/h9H,5-8H2,1-4H3,(H,18,19). The van der Waals surface area contributed by atoms with E-state index in [1.807, 2.05) is 6.92 Å². The zero-order chi connectivity index (χ0) is 16.2. The molecule has 0 saturated heterocycles. The second-order valence-electron chi connectivity index (χ2n) is 5.40. The van der Waals surface area contributed by atoms with Gasteiger partial charge >= 0.3 is 10.8 Å². The van der Waals surface area contributed by atoms with Crippen LogP contribution in [0.1, 0.15) is 39.3 Å². The van der Waals surface area contributed by atoms with E-state index in [4.69, 9.17) is 0 Å². The quantitative estimate of drug-likeness (QED) is 0.831. The number of aromatic nitrogens is 1. The highest BCUT2D eigenvalue weighted by Crippen LogP contribution is 2.16. The number of amides is 1. The molecule has 7 heteroatoms. The van der Waals surface area contributed by atoms with Crippen LogP contribution in [-0.4, -0.2) is 38.5 Å². The van der Waals surface area contributed by atoms with Crippen molar-refractivity contribution < 1.29 is 14.7 Å². The molecule has 21 heavy (non-hydrogen) atoms.